The van der Waals surface area contributed by atoms with Crippen LogP contribution in [0.15, 0.2) is 11.4 Å². The zero-order chi connectivity index (χ0) is 13.5. The van der Waals surface area contributed by atoms with Gasteiger partial charge in [-0.3, -0.25) is 19.9 Å². The van der Waals surface area contributed by atoms with Crippen molar-refractivity contribution in [2.75, 3.05) is 20.1 Å². The third-order valence-electron chi connectivity index (χ3n) is 2.31. The summed E-state index contributed by atoms with van der Waals surface area (Å²) in [5.41, 5.74) is 2.99. The van der Waals surface area contributed by atoms with E-state index in [9.17, 15) is 9.59 Å². The van der Waals surface area contributed by atoms with Crippen LogP contribution >= 0.6 is 11.3 Å². The number of nitrogens with zero attached hydrogens (tertiary/aromatic N) is 1. The van der Waals surface area contributed by atoms with Gasteiger partial charge in [0.15, 0.2) is 0 Å². The zero-order valence-corrected chi connectivity index (χ0v) is 11.3. The molecule has 1 heterocycles. The van der Waals surface area contributed by atoms with Crippen molar-refractivity contribution in [3.63, 3.8) is 0 Å². The topological polar surface area (TPSA) is 87.5 Å². The average Bonchev–Trinajstić information content (AvgIpc) is 2.76. The van der Waals surface area contributed by atoms with Crippen LogP contribution in [0.3, 0.4) is 0 Å². The van der Waals surface area contributed by atoms with Gasteiger partial charge in [-0.05, 0) is 31.0 Å². The molecule has 100 valence electrons. The first kappa shape index (κ1) is 14.6. The maximum absolute atomic E-state index is 11.5. The maximum atomic E-state index is 11.5. The Morgan fingerprint density at radius 2 is 2.22 bits per heavy atom. The van der Waals surface area contributed by atoms with Gasteiger partial charge in [-0.1, -0.05) is 0 Å². The summed E-state index contributed by atoms with van der Waals surface area (Å²) < 4.78 is 0. The molecule has 0 aliphatic rings. The van der Waals surface area contributed by atoms with Crippen molar-refractivity contribution in [3.8, 4) is 0 Å². The van der Waals surface area contributed by atoms with Crippen LogP contribution in [0.5, 0.6) is 0 Å². The van der Waals surface area contributed by atoms with Crippen molar-refractivity contribution in [1.29, 1.82) is 0 Å². The average molecular weight is 270 g/mol. The highest BCUT2D eigenvalue weighted by atomic mass is 32.1. The monoisotopic (exact) mass is 270 g/mol. The van der Waals surface area contributed by atoms with E-state index < -0.39 is 0 Å². The van der Waals surface area contributed by atoms with E-state index in [1.54, 1.807) is 0 Å². The molecule has 7 heteroatoms. The number of hydrazine groups is 1. The molecule has 6 nitrogen and oxygen atoms in total. The van der Waals surface area contributed by atoms with Crippen molar-refractivity contribution in [3.05, 3.63) is 21.9 Å². The molecule has 0 bridgehead atoms. The lowest BCUT2D eigenvalue weighted by molar-refractivity contribution is -0.121. The minimum absolute atomic E-state index is 0.0277. The van der Waals surface area contributed by atoms with Gasteiger partial charge in [0, 0.05) is 13.1 Å². The number of thiophene rings is 1. The fourth-order valence-electron chi connectivity index (χ4n) is 1.57. The second-order valence-corrected chi connectivity index (χ2v) is 4.79. The summed E-state index contributed by atoms with van der Waals surface area (Å²) in [7, 11) is 1.83. The van der Waals surface area contributed by atoms with Crippen LogP contribution in [-0.4, -0.2) is 36.9 Å². The highest BCUT2D eigenvalue weighted by Gasteiger charge is 2.14. The van der Waals surface area contributed by atoms with Crippen LogP contribution in [-0.2, 0) is 11.3 Å². The van der Waals surface area contributed by atoms with Crippen molar-refractivity contribution >= 4 is 23.2 Å². The predicted octanol–water partition coefficient (Wildman–Crippen LogP) is -0.0805. The molecule has 0 saturated carbocycles. The molecule has 0 saturated heterocycles. The van der Waals surface area contributed by atoms with E-state index in [1.807, 2.05) is 30.3 Å². The summed E-state index contributed by atoms with van der Waals surface area (Å²) in [6.07, 6.45) is 0. The lowest BCUT2D eigenvalue weighted by Gasteiger charge is -2.16. The van der Waals surface area contributed by atoms with E-state index in [0.29, 0.717) is 24.5 Å². The van der Waals surface area contributed by atoms with E-state index in [-0.39, 0.29) is 11.8 Å². The first-order valence-electron chi connectivity index (χ1n) is 5.61. The number of rotatable bonds is 6. The van der Waals surface area contributed by atoms with Crippen LogP contribution < -0.4 is 16.6 Å². The molecule has 0 fully saturated rings. The number of nitrogens with one attached hydrogen (secondary N) is 2. The number of carbonyl (C=O) groups excluding carboxylic acids is 2. The van der Waals surface area contributed by atoms with E-state index in [4.69, 9.17) is 5.84 Å². The summed E-state index contributed by atoms with van der Waals surface area (Å²) in [5.74, 6) is 4.79. The molecule has 1 aromatic heterocycles. The Morgan fingerprint density at radius 1 is 1.50 bits per heavy atom. The molecule has 1 rings (SSSR count). The fraction of sp³-hybridized carbons (Fsp3) is 0.455. The number of amides is 2. The molecule has 0 aliphatic heterocycles. The Hall–Kier alpha value is -1.44. The maximum Gasteiger partial charge on any atom is 0.275 e. The molecule has 0 aliphatic carbocycles. The van der Waals surface area contributed by atoms with Gasteiger partial charge in [0.05, 0.1) is 11.4 Å². The molecule has 1 aromatic rings. The van der Waals surface area contributed by atoms with Gasteiger partial charge in [0.25, 0.3) is 5.91 Å². The lowest BCUT2D eigenvalue weighted by atomic mass is 10.2. The minimum atomic E-state index is -0.300. The standard InChI is InChI=1S/C11H18N4O2S/c1-3-13-9(16)7-15(2)6-8-4-5-18-10(8)11(17)14-12/h4-5H,3,6-7,12H2,1-2H3,(H,13,16)(H,14,17). The van der Waals surface area contributed by atoms with Gasteiger partial charge < -0.3 is 5.32 Å². The molecule has 0 radical (unpaired) electrons. The number of carbonyl (C=O) groups is 2. The number of hydrogen-bond donors (Lipinski definition) is 3. The number of likely N-dealkylation sites (N-methyl/N-ethyl adjacent to an activating group) is 2. The van der Waals surface area contributed by atoms with E-state index in [1.165, 1.54) is 11.3 Å². The van der Waals surface area contributed by atoms with Gasteiger partial charge in [-0.25, -0.2) is 5.84 Å². The van der Waals surface area contributed by atoms with E-state index >= 15 is 0 Å². The van der Waals surface area contributed by atoms with E-state index in [0.717, 1.165) is 5.56 Å². The third kappa shape index (κ3) is 4.10. The van der Waals surface area contributed by atoms with E-state index in [2.05, 4.69) is 10.7 Å². The molecule has 0 spiro atoms. The van der Waals surface area contributed by atoms with Crippen LogP contribution in [0.1, 0.15) is 22.2 Å². The van der Waals surface area contributed by atoms with Crippen molar-refractivity contribution in [2.24, 2.45) is 5.84 Å². The molecule has 0 unspecified atom stereocenters. The Bertz CT molecular complexity index is 419. The normalized spacial score (nSPS) is 10.4. The lowest BCUT2D eigenvalue weighted by Crippen LogP contribution is -2.35. The Balaban J connectivity index is 2.59. The first-order valence-corrected chi connectivity index (χ1v) is 6.49. The third-order valence-corrected chi connectivity index (χ3v) is 3.27. The van der Waals surface area contributed by atoms with Gasteiger partial charge in [-0.15, -0.1) is 11.3 Å². The van der Waals surface area contributed by atoms with Gasteiger partial charge in [-0.2, -0.15) is 0 Å². The van der Waals surface area contributed by atoms with Crippen molar-refractivity contribution in [2.45, 2.75) is 13.5 Å². The largest absolute Gasteiger partial charge is 0.355 e. The summed E-state index contributed by atoms with van der Waals surface area (Å²) >= 11 is 1.33. The second-order valence-electron chi connectivity index (χ2n) is 3.87. The Morgan fingerprint density at radius 3 is 2.83 bits per heavy atom. The van der Waals surface area contributed by atoms with Crippen molar-refractivity contribution in [1.82, 2.24) is 15.6 Å². The predicted molar refractivity (Wildman–Crippen MR) is 71.0 cm³/mol. The summed E-state index contributed by atoms with van der Waals surface area (Å²) in [5, 5.41) is 4.56. The molecule has 2 amide bonds. The molecular formula is C11H18N4O2S. The number of hydrogen-bond acceptors (Lipinski definition) is 5. The number of nitrogen functional groups attached to an aromatic ring is 1. The van der Waals surface area contributed by atoms with Gasteiger partial charge >= 0.3 is 0 Å². The summed E-state index contributed by atoms with van der Waals surface area (Å²) in [6, 6.07) is 1.86. The summed E-state index contributed by atoms with van der Waals surface area (Å²) in [6.45, 7) is 3.32. The van der Waals surface area contributed by atoms with Crippen molar-refractivity contribution < 1.29 is 9.59 Å². The van der Waals surface area contributed by atoms with Crippen LogP contribution in [0.2, 0.25) is 0 Å². The van der Waals surface area contributed by atoms with Gasteiger partial charge in [0.1, 0.15) is 0 Å². The Labute approximate surface area is 110 Å². The summed E-state index contributed by atoms with van der Waals surface area (Å²) in [4.78, 5) is 25.3. The van der Waals surface area contributed by atoms with Crippen LogP contribution in [0, 0.1) is 0 Å². The fourth-order valence-corrected chi connectivity index (χ4v) is 2.39. The molecular weight excluding hydrogens is 252 g/mol. The molecule has 0 atom stereocenters. The zero-order valence-electron chi connectivity index (χ0n) is 10.5. The SMILES string of the molecule is CCNC(=O)CN(C)Cc1ccsc1C(=O)NN. The second kappa shape index (κ2) is 7.10. The quantitative estimate of drug-likeness (QED) is 0.383. The Kier molecular flexibility index (Phi) is 5.76. The molecule has 4 N–H and O–H groups in total. The first-order chi connectivity index (χ1) is 8.58. The minimum Gasteiger partial charge on any atom is -0.355 e. The number of nitrogens with two attached hydrogens (primary N) is 1. The highest BCUT2D eigenvalue weighted by molar-refractivity contribution is 7.12. The molecule has 18 heavy (non-hydrogen) atoms. The smallest absolute Gasteiger partial charge is 0.275 e. The van der Waals surface area contributed by atoms with Gasteiger partial charge in [0.2, 0.25) is 5.91 Å². The van der Waals surface area contributed by atoms with Crippen LogP contribution in [0.4, 0.5) is 0 Å². The van der Waals surface area contributed by atoms with Crippen LogP contribution in [0.25, 0.3) is 0 Å². The molecule has 0 aromatic carbocycles. The highest BCUT2D eigenvalue weighted by Crippen LogP contribution is 2.17.